The maximum absolute atomic E-state index is 11.9. The smallest absolute Gasteiger partial charge is 0.238 e. The highest BCUT2D eigenvalue weighted by Crippen LogP contribution is 2.09. The summed E-state index contributed by atoms with van der Waals surface area (Å²) in [6, 6.07) is 7.82. The minimum atomic E-state index is -0.0844. The van der Waals surface area contributed by atoms with E-state index in [4.69, 9.17) is 9.84 Å². The van der Waals surface area contributed by atoms with Crippen LogP contribution in [0.1, 0.15) is 12.5 Å². The highest BCUT2D eigenvalue weighted by Gasteiger charge is 2.10. The Hall–Kier alpha value is -1.43. The average Bonchev–Trinajstić information content (AvgIpc) is 2.45. The van der Waals surface area contributed by atoms with Crippen molar-refractivity contribution in [3.05, 3.63) is 29.8 Å². The maximum atomic E-state index is 11.9. The van der Waals surface area contributed by atoms with Gasteiger partial charge < -0.3 is 15.2 Å². The van der Waals surface area contributed by atoms with E-state index >= 15 is 0 Å². The molecule has 0 spiro atoms. The van der Waals surface area contributed by atoms with E-state index < -0.39 is 0 Å². The zero-order valence-electron chi connectivity index (χ0n) is 12.3. The molecule has 1 aromatic carbocycles. The summed E-state index contributed by atoms with van der Waals surface area (Å²) < 4.78 is 4.99. The summed E-state index contributed by atoms with van der Waals surface area (Å²) >= 11 is 0. The Morgan fingerprint density at radius 3 is 2.55 bits per heavy atom. The molecule has 1 rings (SSSR count). The maximum Gasteiger partial charge on any atom is 0.238 e. The Labute approximate surface area is 120 Å². The lowest BCUT2D eigenvalue weighted by molar-refractivity contribution is -0.117. The molecule has 0 saturated heterocycles. The van der Waals surface area contributed by atoms with Gasteiger partial charge >= 0.3 is 0 Å². The number of aliphatic hydroxyl groups excluding tert-OH is 1. The van der Waals surface area contributed by atoms with E-state index in [1.807, 2.05) is 29.2 Å². The number of benzene rings is 1. The molecule has 0 heterocycles. The van der Waals surface area contributed by atoms with E-state index in [9.17, 15) is 4.79 Å². The van der Waals surface area contributed by atoms with Gasteiger partial charge in [-0.15, -0.1) is 0 Å². The number of anilines is 1. The minimum Gasteiger partial charge on any atom is -0.395 e. The quantitative estimate of drug-likeness (QED) is 0.712. The van der Waals surface area contributed by atoms with Crippen LogP contribution in [0.25, 0.3) is 0 Å². The fourth-order valence-corrected chi connectivity index (χ4v) is 1.86. The van der Waals surface area contributed by atoms with Crippen molar-refractivity contribution in [1.29, 1.82) is 0 Å². The molecule has 0 aromatic heterocycles. The second-order valence-corrected chi connectivity index (χ2v) is 4.59. The predicted molar refractivity (Wildman–Crippen MR) is 79.9 cm³/mol. The van der Waals surface area contributed by atoms with Crippen LogP contribution >= 0.6 is 0 Å². The van der Waals surface area contributed by atoms with E-state index in [0.717, 1.165) is 12.1 Å². The van der Waals surface area contributed by atoms with Crippen molar-refractivity contribution in [3.63, 3.8) is 0 Å². The summed E-state index contributed by atoms with van der Waals surface area (Å²) in [4.78, 5) is 13.8. The number of nitrogens with zero attached hydrogens (tertiary/aromatic N) is 1. The normalized spacial score (nSPS) is 10.8. The fraction of sp³-hybridized carbons (Fsp3) is 0.533. The molecule has 0 fully saturated rings. The Morgan fingerprint density at radius 1 is 1.30 bits per heavy atom. The molecule has 0 aliphatic carbocycles. The van der Waals surface area contributed by atoms with Crippen LogP contribution in [0.3, 0.4) is 0 Å². The van der Waals surface area contributed by atoms with Gasteiger partial charge in [0.05, 0.1) is 19.8 Å². The summed E-state index contributed by atoms with van der Waals surface area (Å²) in [6.07, 6.45) is 0.982. The number of methoxy groups -OCH3 is 1. The van der Waals surface area contributed by atoms with Crippen molar-refractivity contribution in [3.8, 4) is 0 Å². The van der Waals surface area contributed by atoms with Crippen molar-refractivity contribution in [2.45, 2.75) is 13.3 Å². The van der Waals surface area contributed by atoms with Crippen LogP contribution in [0.2, 0.25) is 0 Å². The Kier molecular flexibility index (Phi) is 7.87. The van der Waals surface area contributed by atoms with Crippen molar-refractivity contribution < 1.29 is 14.6 Å². The molecule has 0 aliphatic rings. The third-order valence-electron chi connectivity index (χ3n) is 3.04. The lowest BCUT2D eigenvalue weighted by atomic mass is 10.1. The number of aliphatic hydroxyl groups is 1. The van der Waals surface area contributed by atoms with Gasteiger partial charge in [-0.3, -0.25) is 9.69 Å². The second-order valence-electron chi connectivity index (χ2n) is 4.59. The van der Waals surface area contributed by atoms with E-state index in [0.29, 0.717) is 19.7 Å². The summed E-state index contributed by atoms with van der Waals surface area (Å²) in [5.41, 5.74) is 2.04. The molecule has 0 unspecified atom stereocenters. The molecule has 1 amide bonds. The van der Waals surface area contributed by atoms with E-state index in [1.54, 1.807) is 7.11 Å². The number of aryl methyl sites for hydroxylation is 1. The Balaban J connectivity index is 2.46. The number of hydrogen-bond acceptors (Lipinski definition) is 4. The molecule has 0 bridgehead atoms. The van der Waals surface area contributed by atoms with Crippen LogP contribution in [0.4, 0.5) is 5.69 Å². The first kappa shape index (κ1) is 16.6. The number of nitrogens with one attached hydrogen (secondary N) is 1. The molecule has 20 heavy (non-hydrogen) atoms. The summed E-state index contributed by atoms with van der Waals surface area (Å²) in [7, 11) is 1.62. The van der Waals surface area contributed by atoms with Crippen LogP contribution in [0, 0.1) is 0 Å². The Bertz CT molecular complexity index is 393. The third-order valence-corrected chi connectivity index (χ3v) is 3.04. The van der Waals surface area contributed by atoms with Gasteiger partial charge in [-0.1, -0.05) is 19.1 Å². The summed E-state index contributed by atoms with van der Waals surface area (Å²) in [6.45, 7) is 4.00. The standard InChI is InChI=1S/C15H24N2O3/c1-3-13-4-6-14(7-5-13)16-15(19)12-17(8-10-18)9-11-20-2/h4-7,18H,3,8-12H2,1-2H3,(H,16,19). The highest BCUT2D eigenvalue weighted by atomic mass is 16.5. The zero-order chi connectivity index (χ0) is 14.8. The van der Waals surface area contributed by atoms with E-state index in [-0.39, 0.29) is 19.1 Å². The zero-order valence-corrected chi connectivity index (χ0v) is 12.3. The number of carbonyl (C=O) groups is 1. The van der Waals surface area contributed by atoms with Crippen molar-refractivity contribution in [1.82, 2.24) is 4.90 Å². The molecular weight excluding hydrogens is 256 g/mol. The Morgan fingerprint density at radius 2 is 2.00 bits per heavy atom. The average molecular weight is 280 g/mol. The largest absolute Gasteiger partial charge is 0.395 e. The van der Waals surface area contributed by atoms with Gasteiger partial charge in [0.1, 0.15) is 0 Å². The molecule has 0 saturated carbocycles. The number of rotatable bonds is 9. The molecule has 2 N–H and O–H groups in total. The summed E-state index contributed by atoms with van der Waals surface area (Å²) in [5.74, 6) is -0.0844. The number of hydrogen-bond donors (Lipinski definition) is 2. The van der Waals surface area contributed by atoms with Gasteiger partial charge in [-0.05, 0) is 24.1 Å². The van der Waals surface area contributed by atoms with Gasteiger partial charge in [0.2, 0.25) is 5.91 Å². The van der Waals surface area contributed by atoms with Gasteiger partial charge in [0.25, 0.3) is 0 Å². The molecule has 112 valence electrons. The molecule has 0 aliphatic heterocycles. The summed E-state index contributed by atoms with van der Waals surface area (Å²) in [5, 5.41) is 11.8. The highest BCUT2D eigenvalue weighted by molar-refractivity contribution is 5.92. The monoisotopic (exact) mass is 280 g/mol. The third kappa shape index (κ3) is 6.14. The fourth-order valence-electron chi connectivity index (χ4n) is 1.86. The molecule has 1 aromatic rings. The van der Waals surface area contributed by atoms with Crippen molar-refractivity contribution in [2.75, 3.05) is 45.3 Å². The van der Waals surface area contributed by atoms with Crippen molar-refractivity contribution >= 4 is 11.6 Å². The van der Waals surface area contributed by atoms with Crippen LogP contribution < -0.4 is 5.32 Å². The molecular formula is C15H24N2O3. The second kappa shape index (κ2) is 9.47. The van der Waals surface area contributed by atoms with Crippen LogP contribution in [-0.4, -0.2) is 55.9 Å². The SMILES string of the molecule is CCc1ccc(NC(=O)CN(CCO)CCOC)cc1. The first-order valence-electron chi connectivity index (χ1n) is 6.90. The van der Waals surface area contributed by atoms with Crippen molar-refractivity contribution in [2.24, 2.45) is 0 Å². The predicted octanol–water partition coefficient (Wildman–Crippen LogP) is 1.13. The van der Waals surface area contributed by atoms with Crippen LogP contribution in [-0.2, 0) is 16.0 Å². The van der Waals surface area contributed by atoms with Crippen LogP contribution in [0.5, 0.6) is 0 Å². The number of ether oxygens (including phenoxy) is 1. The van der Waals surface area contributed by atoms with Gasteiger partial charge in [0.15, 0.2) is 0 Å². The number of carbonyl (C=O) groups excluding carboxylic acids is 1. The van der Waals surface area contributed by atoms with Gasteiger partial charge in [-0.2, -0.15) is 0 Å². The van der Waals surface area contributed by atoms with Gasteiger partial charge in [0, 0.05) is 25.9 Å². The van der Waals surface area contributed by atoms with Gasteiger partial charge in [-0.25, -0.2) is 0 Å². The lowest BCUT2D eigenvalue weighted by Gasteiger charge is -2.20. The first-order valence-corrected chi connectivity index (χ1v) is 6.90. The molecule has 5 heteroatoms. The molecule has 5 nitrogen and oxygen atoms in total. The number of amides is 1. The first-order chi connectivity index (χ1) is 9.69. The van der Waals surface area contributed by atoms with E-state index in [1.165, 1.54) is 5.56 Å². The van der Waals surface area contributed by atoms with Crippen LogP contribution in [0.15, 0.2) is 24.3 Å². The molecule has 0 atom stereocenters. The minimum absolute atomic E-state index is 0.0300. The lowest BCUT2D eigenvalue weighted by Crippen LogP contribution is -2.37. The topological polar surface area (TPSA) is 61.8 Å². The molecule has 0 radical (unpaired) electrons. The van der Waals surface area contributed by atoms with E-state index in [2.05, 4.69) is 12.2 Å².